The number of carbonyl (C=O) groups excluding carboxylic acids is 1. The summed E-state index contributed by atoms with van der Waals surface area (Å²) in [6.45, 7) is 6.52. The Hall–Kier alpha value is -1.47. The summed E-state index contributed by atoms with van der Waals surface area (Å²) in [7, 11) is 0. The van der Waals surface area contributed by atoms with E-state index in [4.69, 9.17) is 10.8 Å². The Bertz CT molecular complexity index is 410. The molecule has 0 aromatic carbocycles. The molecule has 0 radical (unpaired) electrons. The van der Waals surface area contributed by atoms with Gasteiger partial charge in [0.25, 0.3) is 0 Å². The fourth-order valence-electron chi connectivity index (χ4n) is 1.75. The van der Waals surface area contributed by atoms with Crippen molar-refractivity contribution < 1.29 is 9.90 Å². The molecule has 1 rings (SSSR count). The zero-order valence-corrected chi connectivity index (χ0v) is 11.8. The molecule has 0 saturated carbocycles. The number of carbonyl (C=O) groups is 1. The molecule has 1 amide bonds. The monoisotopic (exact) mass is 269 g/mol. The Morgan fingerprint density at radius 2 is 2.26 bits per heavy atom. The highest BCUT2D eigenvalue weighted by Crippen LogP contribution is 2.21. The lowest BCUT2D eigenvalue weighted by Crippen LogP contribution is -2.45. The lowest BCUT2D eigenvalue weighted by molar-refractivity contribution is -0.123. The quantitative estimate of drug-likeness (QED) is 0.654. The van der Waals surface area contributed by atoms with E-state index in [1.807, 2.05) is 20.8 Å². The van der Waals surface area contributed by atoms with Crippen LogP contribution in [0.3, 0.4) is 0 Å². The van der Waals surface area contributed by atoms with Gasteiger partial charge in [-0.05, 0) is 11.8 Å². The Labute approximate surface area is 113 Å². The van der Waals surface area contributed by atoms with E-state index in [2.05, 4.69) is 15.6 Å². The lowest BCUT2D eigenvalue weighted by atomic mass is 9.85. The van der Waals surface area contributed by atoms with Gasteiger partial charge in [0.2, 0.25) is 5.91 Å². The summed E-state index contributed by atoms with van der Waals surface area (Å²) in [6.07, 6.45) is 2.18. The molecule has 1 heterocycles. The normalized spacial score (nSPS) is 13.3. The van der Waals surface area contributed by atoms with Crippen LogP contribution in [0.1, 0.15) is 32.9 Å². The molecule has 19 heavy (non-hydrogen) atoms. The maximum Gasteiger partial charge on any atom is 0.242 e. The van der Waals surface area contributed by atoms with Crippen LogP contribution in [0.4, 0.5) is 0 Å². The average molecular weight is 269 g/mol. The molecule has 1 unspecified atom stereocenters. The van der Waals surface area contributed by atoms with Gasteiger partial charge in [-0.1, -0.05) is 26.0 Å². The van der Waals surface area contributed by atoms with Crippen molar-refractivity contribution in [1.82, 2.24) is 20.3 Å². The standard InChI is InChI=1S/C12H23N5O2/c1-12(2,3)10(4-5-18)14-11(19)8-17-7-9(6-13)15-16-17/h7,10,18H,4-6,8,13H2,1-3H3,(H,14,19). The first-order valence-corrected chi connectivity index (χ1v) is 6.36. The van der Waals surface area contributed by atoms with Crippen LogP contribution >= 0.6 is 0 Å². The predicted octanol–water partition coefficient (Wildman–Crippen LogP) is -0.350. The first kappa shape index (κ1) is 15.6. The maximum atomic E-state index is 11.9. The Morgan fingerprint density at radius 1 is 1.58 bits per heavy atom. The van der Waals surface area contributed by atoms with Crippen LogP contribution in [0.2, 0.25) is 0 Å². The topological polar surface area (TPSA) is 106 Å². The molecule has 0 fully saturated rings. The molecule has 4 N–H and O–H groups in total. The SMILES string of the molecule is CC(C)(C)C(CCO)NC(=O)Cn1cc(CN)nn1. The van der Waals surface area contributed by atoms with E-state index in [1.54, 1.807) is 6.20 Å². The van der Waals surface area contributed by atoms with Crippen molar-refractivity contribution in [3.63, 3.8) is 0 Å². The third-order valence-electron chi connectivity index (χ3n) is 2.90. The summed E-state index contributed by atoms with van der Waals surface area (Å²) >= 11 is 0. The van der Waals surface area contributed by atoms with Gasteiger partial charge in [0, 0.05) is 19.2 Å². The minimum Gasteiger partial charge on any atom is -0.396 e. The second-order valence-electron chi connectivity index (χ2n) is 5.61. The molecule has 0 aliphatic heterocycles. The van der Waals surface area contributed by atoms with Crippen molar-refractivity contribution in [2.24, 2.45) is 11.1 Å². The van der Waals surface area contributed by atoms with Gasteiger partial charge in [0.15, 0.2) is 0 Å². The number of nitrogens with zero attached hydrogens (tertiary/aromatic N) is 3. The van der Waals surface area contributed by atoms with Gasteiger partial charge >= 0.3 is 0 Å². The summed E-state index contributed by atoms with van der Waals surface area (Å²) in [5, 5.41) is 19.6. The van der Waals surface area contributed by atoms with Crippen LogP contribution < -0.4 is 11.1 Å². The van der Waals surface area contributed by atoms with E-state index >= 15 is 0 Å². The fourth-order valence-corrected chi connectivity index (χ4v) is 1.75. The molecule has 7 nitrogen and oxygen atoms in total. The Morgan fingerprint density at radius 3 is 2.74 bits per heavy atom. The van der Waals surface area contributed by atoms with E-state index in [0.29, 0.717) is 18.7 Å². The molecule has 0 aliphatic carbocycles. The Balaban J connectivity index is 2.57. The number of amides is 1. The molecule has 1 aromatic heterocycles. The third-order valence-corrected chi connectivity index (χ3v) is 2.90. The number of nitrogens with two attached hydrogens (primary N) is 1. The molecular weight excluding hydrogens is 246 g/mol. The molecular formula is C12H23N5O2. The second-order valence-corrected chi connectivity index (χ2v) is 5.61. The second kappa shape index (κ2) is 6.63. The minimum absolute atomic E-state index is 0.0445. The van der Waals surface area contributed by atoms with Gasteiger partial charge < -0.3 is 16.2 Å². The molecule has 1 atom stereocenters. The van der Waals surface area contributed by atoms with E-state index in [1.165, 1.54) is 4.68 Å². The van der Waals surface area contributed by atoms with Gasteiger partial charge in [-0.3, -0.25) is 4.79 Å². The number of rotatable bonds is 6. The number of aromatic nitrogens is 3. The fraction of sp³-hybridized carbons (Fsp3) is 0.750. The summed E-state index contributed by atoms with van der Waals surface area (Å²) in [5.74, 6) is -0.151. The van der Waals surface area contributed by atoms with Crippen LogP contribution in [-0.2, 0) is 17.9 Å². The maximum absolute atomic E-state index is 11.9. The van der Waals surface area contributed by atoms with E-state index < -0.39 is 0 Å². The molecule has 0 saturated heterocycles. The van der Waals surface area contributed by atoms with Crippen LogP contribution in [0.15, 0.2) is 6.20 Å². The number of nitrogens with one attached hydrogen (secondary N) is 1. The molecule has 0 aliphatic rings. The highest BCUT2D eigenvalue weighted by molar-refractivity contribution is 5.76. The zero-order chi connectivity index (χ0) is 14.5. The summed E-state index contributed by atoms with van der Waals surface area (Å²) in [4.78, 5) is 11.9. The van der Waals surface area contributed by atoms with Crippen molar-refractivity contribution in [2.45, 2.75) is 46.3 Å². The molecule has 0 spiro atoms. The van der Waals surface area contributed by atoms with Crippen molar-refractivity contribution >= 4 is 5.91 Å². The van der Waals surface area contributed by atoms with Gasteiger partial charge in [-0.2, -0.15) is 0 Å². The average Bonchev–Trinajstić information content (AvgIpc) is 2.75. The van der Waals surface area contributed by atoms with Crippen LogP contribution in [0.5, 0.6) is 0 Å². The number of aliphatic hydroxyl groups excluding tert-OH is 1. The molecule has 0 bridgehead atoms. The van der Waals surface area contributed by atoms with E-state index in [0.717, 1.165) is 0 Å². The van der Waals surface area contributed by atoms with Gasteiger partial charge in [0.05, 0.1) is 11.9 Å². The molecule has 1 aromatic rings. The van der Waals surface area contributed by atoms with Gasteiger partial charge in [-0.15, -0.1) is 5.10 Å². The van der Waals surface area contributed by atoms with E-state index in [9.17, 15) is 4.79 Å². The third kappa shape index (κ3) is 4.96. The van der Waals surface area contributed by atoms with E-state index in [-0.39, 0.29) is 30.5 Å². The predicted molar refractivity (Wildman–Crippen MR) is 71.0 cm³/mol. The number of hydrogen-bond donors (Lipinski definition) is 3. The van der Waals surface area contributed by atoms with Crippen molar-refractivity contribution in [3.8, 4) is 0 Å². The van der Waals surface area contributed by atoms with Gasteiger partial charge in [-0.25, -0.2) is 4.68 Å². The zero-order valence-electron chi connectivity index (χ0n) is 11.8. The summed E-state index contributed by atoms with van der Waals surface area (Å²) in [6, 6.07) is -0.0810. The molecule has 108 valence electrons. The number of hydrogen-bond acceptors (Lipinski definition) is 5. The van der Waals surface area contributed by atoms with Gasteiger partial charge in [0.1, 0.15) is 6.54 Å². The summed E-state index contributed by atoms with van der Waals surface area (Å²) < 4.78 is 1.45. The van der Waals surface area contributed by atoms with Crippen LogP contribution in [0, 0.1) is 5.41 Å². The largest absolute Gasteiger partial charge is 0.396 e. The smallest absolute Gasteiger partial charge is 0.242 e. The minimum atomic E-state index is -0.151. The highest BCUT2D eigenvalue weighted by Gasteiger charge is 2.25. The first-order valence-electron chi connectivity index (χ1n) is 6.36. The lowest BCUT2D eigenvalue weighted by Gasteiger charge is -2.31. The van der Waals surface area contributed by atoms with Crippen molar-refractivity contribution in [3.05, 3.63) is 11.9 Å². The molecule has 7 heteroatoms. The van der Waals surface area contributed by atoms with Crippen LogP contribution in [-0.4, -0.2) is 38.7 Å². The van der Waals surface area contributed by atoms with Crippen molar-refractivity contribution in [1.29, 1.82) is 0 Å². The van der Waals surface area contributed by atoms with Crippen LogP contribution in [0.25, 0.3) is 0 Å². The highest BCUT2D eigenvalue weighted by atomic mass is 16.3. The van der Waals surface area contributed by atoms with Crippen molar-refractivity contribution in [2.75, 3.05) is 6.61 Å². The first-order chi connectivity index (χ1) is 8.86. The Kier molecular flexibility index (Phi) is 5.44. The number of aliphatic hydroxyl groups is 1. The summed E-state index contributed by atoms with van der Waals surface area (Å²) in [5.41, 5.74) is 5.97.